The van der Waals surface area contributed by atoms with Crippen molar-refractivity contribution in [1.82, 2.24) is 24.6 Å². The highest BCUT2D eigenvalue weighted by Crippen LogP contribution is 2.35. The van der Waals surface area contributed by atoms with E-state index in [2.05, 4.69) is 39.0 Å². The molecule has 0 bridgehead atoms. The zero-order valence-electron chi connectivity index (χ0n) is 18.4. The van der Waals surface area contributed by atoms with Crippen LogP contribution in [0.4, 0.5) is 11.5 Å². The first kappa shape index (κ1) is 22.0. The third-order valence-corrected chi connectivity index (χ3v) is 5.65. The molecule has 3 heterocycles. The fraction of sp³-hybridized carbons (Fsp3) is 0.250. The Morgan fingerprint density at radius 3 is 2.52 bits per heavy atom. The fourth-order valence-electron chi connectivity index (χ4n) is 3.91. The van der Waals surface area contributed by atoms with E-state index in [1.807, 2.05) is 18.2 Å². The van der Waals surface area contributed by atoms with Crippen LogP contribution in [0.2, 0.25) is 0 Å². The lowest BCUT2D eigenvalue weighted by Crippen LogP contribution is -2.18. The molecule has 4 aromatic rings. The van der Waals surface area contributed by atoms with Gasteiger partial charge < -0.3 is 16.6 Å². The number of nitriles is 1. The number of anilines is 2. The molecule has 9 heteroatoms. The monoisotopic (exact) mass is 442 g/mol. The van der Waals surface area contributed by atoms with Crippen LogP contribution in [-0.4, -0.2) is 42.8 Å². The SMILES string of the molecule is Cc1ccc2c(N)c(O)c(CN3CCCC3)cc2c1.N#Cc1cnn(-c2ncccn2)c1N. The molecule has 33 heavy (non-hydrogen) atoms. The van der Waals surface area contributed by atoms with Gasteiger partial charge in [-0.2, -0.15) is 15.0 Å². The van der Waals surface area contributed by atoms with Crippen molar-refractivity contribution in [1.29, 1.82) is 5.26 Å². The molecule has 1 fully saturated rings. The number of aromatic nitrogens is 4. The van der Waals surface area contributed by atoms with Crippen molar-refractivity contribution in [2.24, 2.45) is 0 Å². The first-order valence-electron chi connectivity index (χ1n) is 10.7. The Bertz CT molecular complexity index is 1300. The van der Waals surface area contributed by atoms with E-state index in [-0.39, 0.29) is 11.6 Å². The third-order valence-electron chi connectivity index (χ3n) is 5.65. The number of benzene rings is 2. The first-order chi connectivity index (χ1) is 16.0. The summed E-state index contributed by atoms with van der Waals surface area (Å²) in [4.78, 5) is 10.3. The number of nitrogens with two attached hydrogens (primary N) is 2. The van der Waals surface area contributed by atoms with Crippen LogP contribution >= 0.6 is 0 Å². The van der Waals surface area contributed by atoms with Gasteiger partial charge in [-0.25, -0.2) is 9.97 Å². The Morgan fingerprint density at radius 1 is 1.12 bits per heavy atom. The third kappa shape index (κ3) is 4.71. The van der Waals surface area contributed by atoms with E-state index in [1.54, 1.807) is 18.5 Å². The van der Waals surface area contributed by atoms with Crippen molar-refractivity contribution in [3.05, 3.63) is 65.6 Å². The Balaban J connectivity index is 0.000000165. The summed E-state index contributed by atoms with van der Waals surface area (Å²) >= 11 is 0. The molecule has 0 spiro atoms. The molecule has 2 aromatic carbocycles. The highest BCUT2D eigenvalue weighted by molar-refractivity contribution is 5.97. The number of hydrogen-bond acceptors (Lipinski definition) is 8. The summed E-state index contributed by atoms with van der Waals surface area (Å²) < 4.78 is 1.32. The summed E-state index contributed by atoms with van der Waals surface area (Å²) in [5, 5.41) is 24.9. The van der Waals surface area contributed by atoms with Gasteiger partial charge in [0.1, 0.15) is 23.2 Å². The van der Waals surface area contributed by atoms with Crippen molar-refractivity contribution < 1.29 is 5.11 Å². The number of nitrogen functional groups attached to an aromatic ring is 2. The number of nitrogens with zero attached hydrogens (tertiary/aromatic N) is 6. The minimum absolute atomic E-state index is 0.249. The number of phenols is 1. The average Bonchev–Trinajstić information content (AvgIpc) is 3.47. The first-order valence-corrected chi connectivity index (χ1v) is 10.7. The standard InChI is InChI=1S/C16H20N2O.C8H6N6/c1-11-4-5-14-12(8-11)9-13(16(19)15(14)17)10-18-6-2-3-7-18;9-4-6-5-13-14(7(6)10)8-11-2-1-3-12-8/h4-5,8-9,19H,2-3,6-7,10,17H2,1H3;1-3,5H,10H2. The number of aryl methyl sites for hydroxylation is 1. The minimum atomic E-state index is 0.249. The summed E-state index contributed by atoms with van der Waals surface area (Å²) in [5.41, 5.74) is 14.7. The van der Waals surface area contributed by atoms with Gasteiger partial charge >= 0.3 is 0 Å². The van der Waals surface area contributed by atoms with Crippen LogP contribution in [0.5, 0.6) is 5.75 Å². The van der Waals surface area contributed by atoms with Crippen LogP contribution in [0, 0.1) is 18.3 Å². The number of hydrogen-bond donors (Lipinski definition) is 3. The molecule has 5 N–H and O–H groups in total. The minimum Gasteiger partial charge on any atom is -0.505 e. The normalized spacial score (nSPS) is 13.5. The Hall–Kier alpha value is -4.16. The molecule has 9 nitrogen and oxygen atoms in total. The van der Waals surface area contributed by atoms with Crippen LogP contribution in [0.3, 0.4) is 0 Å². The van der Waals surface area contributed by atoms with E-state index in [0.29, 0.717) is 17.2 Å². The molecule has 0 saturated carbocycles. The van der Waals surface area contributed by atoms with Crippen molar-refractivity contribution >= 4 is 22.3 Å². The van der Waals surface area contributed by atoms with Crippen molar-refractivity contribution in [2.75, 3.05) is 24.6 Å². The van der Waals surface area contributed by atoms with Gasteiger partial charge in [0, 0.05) is 29.9 Å². The van der Waals surface area contributed by atoms with E-state index >= 15 is 0 Å². The van der Waals surface area contributed by atoms with Gasteiger partial charge in [0.25, 0.3) is 5.95 Å². The molecule has 0 atom stereocenters. The summed E-state index contributed by atoms with van der Waals surface area (Å²) in [7, 11) is 0. The predicted octanol–water partition coefficient (Wildman–Crippen LogP) is 3.15. The van der Waals surface area contributed by atoms with Gasteiger partial charge in [0.15, 0.2) is 0 Å². The topological polar surface area (TPSA) is 143 Å². The molecular weight excluding hydrogens is 416 g/mol. The maximum absolute atomic E-state index is 10.3. The largest absolute Gasteiger partial charge is 0.505 e. The predicted molar refractivity (Wildman–Crippen MR) is 128 cm³/mol. The second-order valence-electron chi connectivity index (χ2n) is 8.02. The van der Waals surface area contributed by atoms with Gasteiger partial charge in [-0.3, -0.25) is 4.90 Å². The van der Waals surface area contributed by atoms with E-state index in [4.69, 9.17) is 16.7 Å². The van der Waals surface area contributed by atoms with Crippen LogP contribution < -0.4 is 11.5 Å². The summed E-state index contributed by atoms with van der Waals surface area (Å²) in [5.74, 6) is 0.855. The van der Waals surface area contributed by atoms with Gasteiger partial charge in [-0.1, -0.05) is 23.8 Å². The lowest BCUT2D eigenvalue weighted by molar-refractivity contribution is 0.324. The van der Waals surface area contributed by atoms with Crippen LogP contribution in [0.15, 0.2) is 48.9 Å². The molecule has 1 aliphatic rings. The van der Waals surface area contributed by atoms with Gasteiger partial charge in [-0.15, -0.1) is 0 Å². The summed E-state index contributed by atoms with van der Waals surface area (Å²) in [6, 6.07) is 11.8. The molecule has 168 valence electrons. The second kappa shape index (κ2) is 9.54. The molecular formula is C24H26N8O. The fourth-order valence-corrected chi connectivity index (χ4v) is 3.91. The quantitative estimate of drug-likeness (QED) is 0.324. The van der Waals surface area contributed by atoms with Gasteiger partial charge in [0.05, 0.1) is 11.9 Å². The lowest BCUT2D eigenvalue weighted by Gasteiger charge is -2.17. The van der Waals surface area contributed by atoms with E-state index in [0.717, 1.165) is 36.0 Å². The molecule has 0 aliphatic carbocycles. The van der Waals surface area contributed by atoms with Gasteiger partial charge in [0.2, 0.25) is 0 Å². The summed E-state index contributed by atoms with van der Waals surface area (Å²) in [6.07, 6.45) is 7.04. The smallest absolute Gasteiger partial charge is 0.252 e. The Morgan fingerprint density at radius 2 is 1.85 bits per heavy atom. The highest BCUT2D eigenvalue weighted by Gasteiger charge is 2.16. The zero-order chi connectivity index (χ0) is 23.4. The molecule has 1 aliphatic heterocycles. The molecule has 2 aromatic heterocycles. The van der Waals surface area contributed by atoms with Crippen molar-refractivity contribution in [3.63, 3.8) is 0 Å². The maximum atomic E-state index is 10.3. The van der Waals surface area contributed by atoms with Crippen molar-refractivity contribution in [2.45, 2.75) is 26.3 Å². The van der Waals surface area contributed by atoms with E-state index in [9.17, 15) is 5.11 Å². The van der Waals surface area contributed by atoms with E-state index in [1.165, 1.54) is 29.3 Å². The molecule has 1 saturated heterocycles. The van der Waals surface area contributed by atoms with E-state index < -0.39 is 0 Å². The Kier molecular flexibility index (Phi) is 6.38. The lowest BCUT2D eigenvalue weighted by atomic mass is 10.0. The molecule has 0 unspecified atom stereocenters. The van der Waals surface area contributed by atoms with Crippen LogP contribution in [-0.2, 0) is 6.54 Å². The van der Waals surface area contributed by atoms with Gasteiger partial charge in [-0.05, 0) is 50.4 Å². The molecule has 0 amide bonds. The number of rotatable bonds is 3. The van der Waals surface area contributed by atoms with Crippen molar-refractivity contribution in [3.8, 4) is 17.8 Å². The number of likely N-dealkylation sites (tertiary alicyclic amines) is 1. The summed E-state index contributed by atoms with van der Waals surface area (Å²) in [6.45, 7) is 5.10. The Labute approximate surface area is 191 Å². The zero-order valence-corrected chi connectivity index (χ0v) is 18.4. The molecule has 0 radical (unpaired) electrons. The number of phenolic OH excluding ortho intramolecular Hbond substituents is 1. The maximum Gasteiger partial charge on any atom is 0.252 e. The number of aromatic hydroxyl groups is 1. The number of fused-ring (bicyclic) bond motifs is 1. The van der Waals surface area contributed by atoms with Crippen LogP contribution in [0.25, 0.3) is 16.7 Å². The second-order valence-corrected chi connectivity index (χ2v) is 8.02. The average molecular weight is 443 g/mol. The molecule has 5 rings (SSSR count). The highest BCUT2D eigenvalue weighted by atomic mass is 16.3. The van der Waals surface area contributed by atoms with Crippen LogP contribution in [0.1, 0.15) is 29.5 Å².